The Balaban J connectivity index is 2.50. The lowest BCUT2D eigenvalue weighted by atomic mass is 9.94. The van der Waals surface area contributed by atoms with Crippen LogP contribution in [-0.4, -0.2) is 34.9 Å². The monoisotopic (exact) mass is 304 g/mol. The molecular formula is C16H20N2O4. The van der Waals surface area contributed by atoms with E-state index in [-0.39, 0.29) is 18.7 Å². The molecule has 1 aliphatic heterocycles. The van der Waals surface area contributed by atoms with Crippen LogP contribution in [-0.2, 0) is 14.3 Å². The molecule has 1 heterocycles. The van der Waals surface area contributed by atoms with Gasteiger partial charge >= 0.3 is 11.9 Å². The van der Waals surface area contributed by atoms with E-state index in [0.717, 1.165) is 11.1 Å². The van der Waals surface area contributed by atoms with Crippen LogP contribution in [0.5, 0.6) is 0 Å². The number of ether oxygens (including phenoxy) is 1. The molecule has 0 saturated heterocycles. The molecule has 2 rings (SSSR count). The molecule has 1 atom stereocenters. The zero-order chi connectivity index (χ0) is 16.5. The largest absolute Gasteiger partial charge is 0.479 e. The number of carbonyl (C=O) groups is 2. The molecule has 0 spiro atoms. The first-order chi connectivity index (χ1) is 10.3. The van der Waals surface area contributed by atoms with Crippen LogP contribution in [0, 0.1) is 13.8 Å². The molecule has 0 aromatic heterocycles. The highest BCUT2D eigenvalue weighted by Gasteiger charge is 2.48. The number of benzene rings is 1. The molecule has 22 heavy (non-hydrogen) atoms. The molecule has 1 aromatic rings. The average molecular weight is 304 g/mol. The highest BCUT2D eigenvalue weighted by atomic mass is 16.5. The molecule has 6 nitrogen and oxygen atoms in total. The van der Waals surface area contributed by atoms with Gasteiger partial charge in [-0.15, -0.1) is 0 Å². The number of carboxylic acid groups (broad SMARTS) is 1. The van der Waals surface area contributed by atoms with Crippen molar-refractivity contribution in [3.63, 3.8) is 0 Å². The Morgan fingerprint density at radius 1 is 1.41 bits per heavy atom. The molecular weight excluding hydrogens is 284 g/mol. The van der Waals surface area contributed by atoms with E-state index < -0.39 is 17.5 Å². The maximum atomic E-state index is 11.9. The van der Waals surface area contributed by atoms with E-state index in [4.69, 9.17) is 4.74 Å². The van der Waals surface area contributed by atoms with Crippen molar-refractivity contribution in [2.75, 3.05) is 11.6 Å². The number of rotatable bonds is 4. The van der Waals surface area contributed by atoms with Crippen LogP contribution in [0.2, 0.25) is 0 Å². The lowest BCUT2D eigenvalue weighted by molar-refractivity contribution is -0.142. The molecule has 0 unspecified atom stereocenters. The smallest absolute Gasteiger partial charge is 0.354 e. The normalized spacial score (nSPS) is 20.7. The molecule has 0 aliphatic carbocycles. The zero-order valence-corrected chi connectivity index (χ0v) is 13.2. The Kier molecular flexibility index (Phi) is 4.21. The number of aryl methyl sites for hydroxylation is 1. The number of anilines is 1. The zero-order valence-electron chi connectivity index (χ0n) is 13.2. The van der Waals surface area contributed by atoms with Crippen LogP contribution in [0.1, 0.15) is 31.4 Å². The maximum Gasteiger partial charge on any atom is 0.354 e. The van der Waals surface area contributed by atoms with Gasteiger partial charge in [0.15, 0.2) is 5.54 Å². The Morgan fingerprint density at radius 3 is 2.68 bits per heavy atom. The Labute approximate surface area is 129 Å². The number of carboxylic acids is 1. The fourth-order valence-electron chi connectivity index (χ4n) is 2.45. The number of hydrazone groups is 1. The van der Waals surface area contributed by atoms with E-state index in [1.54, 1.807) is 19.9 Å². The van der Waals surface area contributed by atoms with E-state index in [0.29, 0.717) is 5.69 Å². The van der Waals surface area contributed by atoms with Crippen LogP contribution < -0.4 is 5.01 Å². The van der Waals surface area contributed by atoms with Crippen LogP contribution in [0.3, 0.4) is 0 Å². The molecule has 6 heteroatoms. The maximum absolute atomic E-state index is 11.9. The number of esters is 1. The van der Waals surface area contributed by atoms with Gasteiger partial charge in [0, 0.05) is 6.42 Å². The third-order valence-corrected chi connectivity index (χ3v) is 3.98. The summed E-state index contributed by atoms with van der Waals surface area (Å²) in [4.78, 5) is 23.7. The van der Waals surface area contributed by atoms with E-state index in [2.05, 4.69) is 5.10 Å². The van der Waals surface area contributed by atoms with Crippen LogP contribution in [0.4, 0.5) is 5.69 Å². The molecule has 1 aromatic carbocycles. The average Bonchev–Trinajstić information content (AvgIpc) is 2.82. The number of hydrogen-bond donors (Lipinski definition) is 1. The summed E-state index contributed by atoms with van der Waals surface area (Å²) >= 11 is 0. The highest BCUT2D eigenvalue weighted by Crippen LogP contribution is 2.36. The van der Waals surface area contributed by atoms with Crippen molar-refractivity contribution in [3.8, 4) is 0 Å². The van der Waals surface area contributed by atoms with Gasteiger partial charge in [-0.05, 0) is 44.9 Å². The second-order valence-corrected chi connectivity index (χ2v) is 5.55. The second kappa shape index (κ2) is 5.79. The quantitative estimate of drug-likeness (QED) is 0.863. The molecule has 118 valence electrons. The lowest BCUT2D eigenvalue weighted by Crippen LogP contribution is -2.47. The molecule has 0 radical (unpaired) electrons. The van der Waals surface area contributed by atoms with Crippen molar-refractivity contribution < 1.29 is 19.4 Å². The summed E-state index contributed by atoms with van der Waals surface area (Å²) in [6, 6.07) is 5.60. The predicted octanol–water partition coefficient (Wildman–Crippen LogP) is 2.28. The van der Waals surface area contributed by atoms with Gasteiger partial charge in [0.2, 0.25) is 0 Å². The van der Waals surface area contributed by atoms with Gasteiger partial charge in [-0.25, -0.2) is 14.6 Å². The Hall–Kier alpha value is -2.37. The number of aliphatic carboxylic acids is 1. The van der Waals surface area contributed by atoms with Crippen molar-refractivity contribution in [3.05, 3.63) is 29.3 Å². The fourth-order valence-corrected chi connectivity index (χ4v) is 2.45. The standard InChI is InChI=1S/C16H20N2O4/c1-5-22-14(19)12-9-16(4,15(20)21)18(17-12)13-8-6-7-10(2)11(13)3/h6-8H,5,9H2,1-4H3,(H,20,21)/t16-/m1/s1. The van der Waals surface area contributed by atoms with Crippen LogP contribution in [0.25, 0.3) is 0 Å². The van der Waals surface area contributed by atoms with E-state index in [1.807, 2.05) is 26.0 Å². The van der Waals surface area contributed by atoms with E-state index in [9.17, 15) is 14.7 Å². The Morgan fingerprint density at radius 2 is 2.09 bits per heavy atom. The fraction of sp³-hybridized carbons (Fsp3) is 0.438. The van der Waals surface area contributed by atoms with Gasteiger partial charge in [0.1, 0.15) is 5.71 Å². The summed E-state index contributed by atoms with van der Waals surface area (Å²) in [5.74, 6) is -1.60. The van der Waals surface area contributed by atoms with Crippen molar-refractivity contribution in [2.45, 2.75) is 39.7 Å². The van der Waals surface area contributed by atoms with Crippen LogP contribution in [0.15, 0.2) is 23.3 Å². The number of hydrogen-bond acceptors (Lipinski definition) is 5. The lowest BCUT2D eigenvalue weighted by Gasteiger charge is -2.31. The molecule has 0 fully saturated rings. The van der Waals surface area contributed by atoms with Crippen molar-refractivity contribution >= 4 is 23.3 Å². The molecule has 0 amide bonds. The van der Waals surface area contributed by atoms with Gasteiger partial charge in [0.05, 0.1) is 12.3 Å². The summed E-state index contributed by atoms with van der Waals surface area (Å²) in [7, 11) is 0. The summed E-state index contributed by atoms with van der Waals surface area (Å²) in [6.45, 7) is 7.35. The first kappa shape index (κ1) is 16.0. The molecule has 0 saturated carbocycles. The minimum absolute atomic E-state index is 0.00848. The van der Waals surface area contributed by atoms with Gasteiger partial charge < -0.3 is 9.84 Å². The summed E-state index contributed by atoms with van der Waals surface area (Å²) < 4.78 is 4.95. The summed E-state index contributed by atoms with van der Waals surface area (Å²) in [5.41, 5.74) is 1.48. The first-order valence-corrected chi connectivity index (χ1v) is 7.15. The number of carbonyl (C=O) groups excluding carboxylic acids is 1. The van der Waals surface area contributed by atoms with Gasteiger partial charge in [-0.1, -0.05) is 12.1 Å². The highest BCUT2D eigenvalue weighted by molar-refractivity contribution is 6.38. The molecule has 1 aliphatic rings. The van der Waals surface area contributed by atoms with E-state index in [1.165, 1.54) is 5.01 Å². The summed E-state index contributed by atoms with van der Waals surface area (Å²) in [5, 5.41) is 15.3. The van der Waals surface area contributed by atoms with Gasteiger partial charge in [-0.2, -0.15) is 5.10 Å². The minimum atomic E-state index is -1.30. The molecule has 1 N–H and O–H groups in total. The van der Waals surface area contributed by atoms with Crippen molar-refractivity contribution in [1.29, 1.82) is 0 Å². The van der Waals surface area contributed by atoms with Crippen molar-refractivity contribution in [2.24, 2.45) is 5.10 Å². The van der Waals surface area contributed by atoms with Gasteiger partial charge in [-0.3, -0.25) is 0 Å². The predicted molar refractivity (Wildman–Crippen MR) is 83.1 cm³/mol. The molecule has 0 bridgehead atoms. The van der Waals surface area contributed by atoms with Gasteiger partial charge in [0.25, 0.3) is 0 Å². The third-order valence-electron chi connectivity index (χ3n) is 3.98. The topological polar surface area (TPSA) is 79.2 Å². The second-order valence-electron chi connectivity index (χ2n) is 5.55. The van der Waals surface area contributed by atoms with Crippen LogP contribution >= 0.6 is 0 Å². The van der Waals surface area contributed by atoms with Crippen molar-refractivity contribution in [1.82, 2.24) is 0 Å². The Bertz CT molecular complexity index is 654. The summed E-state index contributed by atoms with van der Waals surface area (Å²) in [6.07, 6.45) is 0.00848. The first-order valence-electron chi connectivity index (χ1n) is 7.15. The number of nitrogens with zero attached hydrogens (tertiary/aromatic N) is 2. The third kappa shape index (κ3) is 2.56. The van der Waals surface area contributed by atoms with E-state index >= 15 is 0 Å². The SMILES string of the molecule is CCOC(=O)C1=NN(c2cccc(C)c2C)[C@@](C)(C(=O)O)C1. The minimum Gasteiger partial charge on any atom is -0.479 e.